The highest BCUT2D eigenvalue weighted by Gasteiger charge is 2.69. The van der Waals surface area contributed by atoms with E-state index in [2.05, 4.69) is 41.2 Å². The Balaban J connectivity index is 1.30. The van der Waals surface area contributed by atoms with Crippen molar-refractivity contribution in [3.8, 4) is 11.5 Å². The number of hydrogen-bond donors (Lipinski definition) is 4. The highest BCUT2D eigenvalue weighted by atomic mass is 16.5. The Morgan fingerprint density at radius 2 is 1.69 bits per heavy atom. The Bertz CT molecular complexity index is 1330. The third-order valence-electron chi connectivity index (χ3n) is 14.3. The molecular formula is C39H58O6. The van der Waals surface area contributed by atoms with Gasteiger partial charge in [0.15, 0.2) is 11.5 Å². The number of fused-ring (bicyclic) bond motifs is 5. The van der Waals surface area contributed by atoms with E-state index >= 15 is 0 Å². The molecule has 6 nitrogen and oxygen atoms in total. The fourth-order valence-corrected chi connectivity index (χ4v) is 11.5. The maximum Gasteiger partial charge on any atom is 0.331 e. The fraction of sp³-hybridized carbons (Fsp3) is 0.718. The predicted molar refractivity (Wildman–Crippen MR) is 178 cm³/mol. The summed E-state index contributed by atoms with van der Waals surface area (Å²) in [5, 5.41) is 41.5. The highest BCUT2D eigenvalue weighted by Crippen LogP contribution is 2.76. The molecule has 10 atom stereocenters. The Kier molecular flexibility index (Phi) is 8.88. The molecule has 0 saturated heterocycles. The summed E-state index contributed by atoms with van der Waals surface area (Å²) in [6.07, 6.45) is 12.1. The quantitative estimate of drug-likeness (QED) is 0.101. The second kappa shape index (κ2) is 11.7. The Hall–Kier alpha value is -2.31. The average molecular weight is 623 g/mol. The molecule has 45 heavy (non-hydrogen) atoms. The van der Waals surface area contributed by atoms with Crippen LogP contribution in [0.1, 0.15) is 118 Å². The lowest BCUT2D eigenvalue weighted by Gasteiger charge is -2.70. The summed E-state index contributed by atoms with van der Waals surface area (Å²) in [6.45, 7) is 20.0. The molecule has 1 aromatic rings. The van der Waals surface area contributed by atoms with Crippen molar-refractivity contribution in [2.45, 2.75) is 130 Å². The summed E-state index contributed by atoms with van der Waals surface area (Å²) in [5.41, 5.74) is 0.905. The lowest BCUT2D eigenvalue weighted by atomic mass is 9.35. The van der Waals surface area contributed by atoms with E-state index in [0.29, 0.717) is 36.2 Å². The van der Waals surface area contributed by atoms with E-state index in [4.69, 9.17) is 4.74 Å². The molecule has 0 radical (unpaired) electrons. The number of ether oxygens (including phenoxy) is 1. The molecule has 5 rings (SSSR count). The van der Waals surface area contributed by atoms with E-state index in [9.17, 15) is 25.2 Å². The van der Waals surface area contributed by atoms with Crippen LogP contribution in [0.3, 0.4) is 0 Å². The molecule has 0 aliphatic heterocycles. The SMILES string of the molecule is C=C(C)[C@H](O)CC[C@](C)(O)[C@H]1CC[C@]2(C)[C@@H]1CCC1[C@@]3(C)CC[C@H](OC(=O)/C=C/c4ccc(O)c(O)c4)C(C)(C)[C@@H]3CC[C@]12C. The van der Waals surface area contributed by atoms with Crippen LogP contribution in [-0.2, 0) is 9.53 Å². The van der Waals surface area contributed by atoms with Gasteiger partial charge in [-0.3, -0.25) is 0 Å². The molecule has 4 fully saturated rings. The van der Waals surface area contributed by atoms with Crippen LogP contribution >= 0.6 is 0 Å². The van der Waals surface area contributed by atoms with Gasteiger partial charge in [0.25, 0.3) is 0 Å². The van der Waals surface area contributed by atoms with E-state index < -0.39 is 11.7 Å². The smallest absolute Gasteiger partial charge is 0.331 e. The molecule has 0 heterocycles. The average Bonchev–Trinajstić information content (AvgIpc) is 3.33. The normalized spacial score (nSPS) is 39.3. The van der Waals surface area contributed by atoms with Gasteiger partial charge in [-0.1, -0.05) is 52.8 Å². The summed E-state index contributed by atoms with van der Waals surface area (Å²) in [7, 11) is 0. The first-order chi connectivity index (χ1) is 20.9. The summed E-state index contributed by atoms with van der Waals surface area (Å²) in [5.74, 6) is 0.952. The van der Waals surface area contributed by atoms with Gasteiger partial charge in [-0.05, 0) is 142 Å². The van der Waals surface area contributed by atoms with E-state index in [0.717, 1.165) is 50.5 Å². The standard InChI is InChI=1S/C39H58O6/c1-24(2)28(40)16-22-39(8,44)27-15-20-37(6)26(27)11-13-32-36(5)19-18-33(35(3,4)31(36)17-21-38(32,37)7)45-34(43)14-10-25-9-12-29(41)30(42)23-25/h9-10,12,14,23,26-28,31-33,40-42,44H,1,11,13,15-22H2,2-8H3/b14-10+/t26-,27+,28-,31+,32?,33+,36+,37-,38-,39+/m1/s1. The predicted octanol–water partition coefficient (Wildman–Crippen LogP) is 8.18. The highest BCUT2D eigenvalue weighted by molar-refractivity contribution is 5.87. The number of aromatic hydroxyl groups is 2. The van der Waals surface area contributed by atoms with Gasteiger partial charge in [-0.2, -0.15) is 0 Å². The largest absolute Gasteiger partial charge is 0.504 e. The Labute approximate surface area is 271 Å². The van der Waals surface area contributed by atoms with Crippen LogP contribution < -0.4 is 0 Å². The summed E-state index contributed by atoms with van der Waals surface area (Å²) >= 11 is 0. The Morgan fingerprint density at radius 1 is 1.00 bits per heavy atom. The third-order valence-corrected chi connectivity index (χ3v) is 14.3. The minimum Gasteiger partial charge on any atom is -0.504 e. The number of phenols is 2. The van der Waals surface area contributed by atoms with Crippen molar-refractivity contribution >= 4 is 12.0 Å². The van der Waals surface area contributed by atoms with Gasteiger partial charge in [0.1, 0.15) is 6.10 Å². The Morgan fingerprint density at radius 3 is 2.36 bits per heavy atom. The van der Waals surface area contributed by atoms with Gasteiger partial charge < -0.3 is 25.2 Å². The van der Waals surface area contributed by atoms with Crippen LogP contribution in [0, 0.1) is 45.3 Å². The molecule has 250 valence electrons. The zero-order valence-electron chi connectivity index (χ0n) is 28.7. The van der Waals surface area contributed by atoms with E-state index in [-0.39, 0.29) is 51.2 Å². The van der Waals surface area contributed by atoms with Crippen molar-refractivity contribution in [3.63, 3.8) is 0 Å². The van der Waals surface area contributed by atoms with Gasteiger partial charge in [-0.15, -0.1) is 0 Å². The molecule has 0 bridgehead atoms. The first-order valence-electron chi connectivity index (χ1n) is 17.3. The third kappa shape index (κ3) is 5.66. The summed E-state index contributed by atoms with van der Waals surface area (Å²) < 4.78 is 6.14. The minimum atomic E-state index is -0.801. The maximum atomic E-state index is 13.0. The molecule has 0 aromatic heterocycles. The molecule has 4 aliphatic carbocycles. The number of phenolic OH excluding ortho intramolecular Hbond substituents is 2. The number of hydrogen-bond acceptors (Lipinski definition) is 6. The molecule has 4 N–H and O–H groups in total. The number of esters is 1. The van der Waals surface area contributed by atoms with Crippen molar-refractivity contribution < 1.29 is 30.0 Å². The van der Waals surface area contributed by atoms with Gasteiger partial charge in [0.05, 0.1) is 11.7 Å². The first-order valence-corrected chi connectivity index (χ1v) is 17.3. The van der Waals surface area contributed by atoms with E-state index in [1.165, 1.54) is 24.6 Å². The van der Waals surface area contributed by atoms with Gasteiger partial charge in [-0.25, -0.2) is 4.79 Å². The monoisotopic (exact) mass is 622 g/mol. The van der Waals surface area contributed by atoms with Crippen LogP contribution in [0.5, 0.6) is 11.5 Å². The second-order valence-corrected chi connectivity index (χ2v) is 16.9. The lowest BCUT2D eigenvalue weighted by molar-refractivity contribution is -0.229. The number of benzene rings is 1. The van der Waals surface area contributed by atoms with Crippen LogP contribution in [-0.4, -0.2) is 44.2 Å². The first kappa shape index (κ1) is 34.0. The maximum absolute atomic E-state index is 13.0. The molecule has 4 aliphatic rings. The van der Waals surface area contributed by atoms with Gasteiger partial charge in [0, 0.05) is 11.5 Å². The second-order valence-electron chi connectivity index (χ2n) is 16.9. The molecule has 1 unspecified atom stereocenters. The number of carbonyl (C=O) groups excluding carboxylic acids is 1. The van der Waals surface area contributed by atoms with Crippen LogP contribution in [0.25, 0.3) is 6.08 Å². The van der Waals surface area contributed by atoms with Gasteiger partial charge >= 0.3 is 5.97 Å². The van der Waals surface area contributed by atoms with E-state index in [1.54, 1.807) is 12.1 Å². The zero-order chi connectivity index (χ0) is 33.2. The minimum absolute atomic E-state index is 0.152. The van der Waals surface area contributed by atoms with Crippen molar-refractivity contribution in [2.75, 3.05) is 0 Å². The summed E-state index contributed by atoms with van der Waals surface area (Å²) in [4.78, 5) is 13.0. The fourth-order valence-electron chi connectivity index (χ4n) is 11.5. The van der Waals surface area contributed by atoms with Gasteiger partial charge in [0.2, 0.25) is 0 Å². The number of rotatable bonds is 8. The lowest BCUT2D eigenvalue weighted by Crippen LogP contribution is -2.64. The van der Waals surface area contributed by atoms with Crippen molar-refractivity contribution in [3.05, 3.63) is 42.0 Å². The van der Waals surface area contributed by atoms with Crippen LogP contribution in [0.2, 0.25) is 0 Å². The van der Waals surface area contributed by atoms with Crippen molar-refractivity contribution in [1.29, 1.82) is 0 Å². The summed E-state index contributed by atoms with van der Waals surface area (Å²) in [6, 6.07) is 4.47. The number of aliphatic hydroxyl groups is 2. The molecule has 6 heteroatoms. The molecule has 4 saturated carbocycles. The van der Waals surface area contributed by atoms with Crippen LogP contribution in [0.4, 0.5) is 0 Å². The van der Waals surface area contributed by atoms with Crippen molar-refractivity contribution in [2.24, 2.45) is 45.3 Å². The van der Waals surface area contributed by atoms with Crippen molar-refractivity contribution in [1.82, 2.24) is 0 Å². The number of carbonyl (C=O) groups is 1. The van der Waals surface area contributed by atoms with E-state index in [1.807, 2.05) is 13.8 Å². The topological polar surface area (TPSA) is 107 Å². The zero-order valence-corrected chi connectivity index (χ0v) is 28.7. The molecular weight excluding hydrogens is 564 g/mol. The number of aliphatic hydroxyl groups excluding tert-OH is 1. The molecule has 0 amide bonds. The molecule has 0 spiro atoms. The van der Waals surface area contributed by atoms with Crippen LogP contribution in [0.15, 0.2) is 36.4 Å². The molecule has 1 aromatic carbocycles.